The molecule has 40 heavy (non-hydrogen) atoms. The van der Waals surface area contributed by atoms with Gasteiger partial charge in [-0.15, -0.1) is 0 Å². The highest BCUT2D eigenvalue weighted by Gasteiger charge is 2.20. The van der Waals surface area contributed by atoms with E-state index >= 15 is 0 Å². The van der Waals surface area contributed by atoms with Gasteiger partial charge in [0, 0.05) is 67.4 Å². The maximum atomic E-state index is 12.3. The number of rotatable bonds is 11. The molecule has 2 aromatic heterocycles. The van der Waals surface area contributed by atoms with Crippen molar-refractivity contribution in [3.05, 3.63) is 61.4 Å². The number of nitrogens with zero attached hydrogens (tertiary/aromatic N) is 5. The monoisotopic (exact) mass is 559 g/mol. The third kappa shape index (κ3) is 6.27. The highest BCUT2D eigenvalue weighted by molar-refractivity contribution is 7.64. The predicted molar refractivity (Wildman–Crippen MR) is 169 cm³/mol. The first-order chi connectivity index (χ1) is 19.1. The van der Waals surface area contributed by atoms with Crippen LogP contribution in [-0.2, 0) is 11.8 Å². The molecular formula is C30H38N7O2P. The standard InChI is InChI=1S/C30H38N7O2P/c1-9-28(38)32-22-16-23(26(39-6)17-25(22)36(4)15-14-35(2)3)33-30-31-18-27(40(7)8)29(34-30)21-19-37(5)24-13-11-10-12-20(21)24/h9-13,16-19H,1,14-15H2,2-8H3,(H,32,38)(H,31,33,34). The van der Waals surface area contributed by atoms with Crippen LogP contribution in [0.5, 0.6) is 5.75 Å². The summed E-state index contributed by atoms with van der Waals surface area (Å²) < 4.78 is 7.90. The Morgan fingerprint density at radius 2 is 1.90 bits per heavy atom. The molecule has 0 aliphatic rings. The van der Waals surface area contributed by atoms with Crippen molar-refractivity contribution in [3.63, 3.8) is 0 Å². The number of amides is 1. The van der Waals surface area contributed by atoms with Gasteiger partial charge in [0.05, 0.1) is 29.9 Å². The molecule has 0 saturated carbocycles. The molecule has 0 spiro atoms. The molecule has 0 atom stereocenters. The average molecular weight is 560 g/mol. The summed E-state index contributed by atoms with van der Waals surface area (Å²) in [5.41, 5.74) is 5.22. The SMILES string of the molecule is C=CC(=O)Nc1cc(Nc2ncc(P(C)C)c(-c3cn(C)c4ccccc34)n2)c(OC)cc1N(C)CCN(C)C. The predicted octanol–water partition coefficient (Wildman–Crippen LogP) is 4.88. The highest BCUT2D eigenvalue weighted by Crippen LogP contribution is 2.39. The van der Waals surface area contributed by atoms with Crippen molar-refractivity contribution >= 4 is 53.0 Å². The highest BCUT2D eigenvalue weighted by atomic mass is 31.1. The lowest BCUT2D eigenvalue weighted by atomic mass is 10.1. The largest absolute Gasteiger partial charge is 0.494 e. The summed E-state index contributed by atoms with van der Waals surface area (Å²) in [5.74, 6) is 0.754. The van der Waals surface area contributed by atoms with Crippen molar-refractivity contribution in [2.24, 2.45) is 7.05 Å². The van der Waals surface area contributed by atoms with E-state index in [1.807, 2.05) is 58.7 Å². The number of para-hydroxylation sites is 1. The molecule has 0 aliphatic heterocycles. The minimum Gasteiger partial charge on any atom is -0.494 e. The second kappa shape index (κ2) is 12.5. The zero-order valence-electron chi connectivity index (χ0n) is 24.3. The fourth-order valence-electron chi connectivity index (χ4n) is 4.52. The van der Waals surface area contributed by atoms with Gasteiger partial charge in [-0.05, 0) is 45.6 Å². The topological polar surface area (TPSA) is 87.5 Å². The van der Waals surface area contributed by atoms with Crippen LogP contribution >= 0.6 is 7.92 Å². The van der Waals surface area contributed by atoms with Gasteiger partial charge < -0.3 is 29.7 Å². The number of aromatic nitrogens is 3. The number of benzene rings is 2. The van der Waals surface area contributed by atoms with Gasteiger partial charge in [-0.3, -0.25) is 4.79 Å². The molecule has 10 heteroatoms. The summed E-state index contributed by atoms with van der Waals surface area (Å²) in [6.45, 7) is 9.63. The Kier molecular flexibility index (Phi) is 9.07. The van der Waals surface area contributed by atoms with Crippen molar-refractivity contribution in [2.75, 3.05) is 70.2 Å². The smallest absolute Gasteiger partial charge is 0.247 e. The lowest BCUT2D eigenvalue weighted by Crippen LogP contribution is -2.29. The maximum Gasteiger partial charge on any atom is 0.247 e. The van der Waals surface area contributed by atoms with Crippen molar-refractivity contribution < 1.29 is 9.53 Å². The van der Waals surface area contributed by atoms with Crippen LogP contribution in [-0.4, -0.2) is 80.0 Å². The van der Waals surface area contributed by atoms with Crippen LogP contribution in [0, 0.1) is 0 Å². The lowest BCUT2D eigenvalue weighted by molar-refractivity contribution is -0.111. The number of anilines is 4. The fourth-order valence-corrected chi connectivity index (χ4v) is 5.40. The van der Waals surface area contributed by atoms with Crippen LogP contribution in [0.15, 0.2) is 61.4 Å². The van der Waals surface area contributed by atoms with Crippen LogP contribution in [0.4, 0.5) is 23.0 Å². The molecule has 2 heterocycles. The first-order valence-electron chi connectivity index (χ1n) is 13.0. The number of likely N-dealkylation sites (N-methyl/N-ethyl adjacent to an activating group) is 2. The van der Waals surface area contributed by atoms with E-state index in [9.17, 15) is 4.79 Å². The van der Waals surface area contributed by atoms with Crippen LogP contribution in [0.3, 0.4) is 0 Å². The van der Waals surface area contributed by atoms with E-state index in [-0.39, 0.29) is 5.91 Å². The van der Waals surface area contributed by atoms with Crippen molar-refractivity contribution in [2.45, 2.75) is 0 Å². The van der Waals surface area contributed by atoms with Gasteiger partial charge in [-0.1, -0.05) is 32.7 Å². The van der Waals surface area contributed by atoms with E-state index in [0.717, 1.165) is 46.2 Å². The number of carbonyl (C=O) groups is 1. The van der Waals surface area contributed by atoms with Gasteiger partial charge in [0.15, 0.2) is 0 Å². The molecule has 4 aromatic rings. The van der Waals surface area contributed by atoms with Gasteiger partial charge in [0.25, 0.3) is 0 Å². The molecule has 0 unspecified atom stereocenters. The van der Waals surface area contributed by atoms with Gasteiger partial charge in [0.2, 0.25) is 11.9 Å². The molecule has 0 radical (unpaired) electrons. The molecule has 0 fully saturated rings. The first kappa shape index (κ1) is 29.1. The minimum absolute atomic E-state index is 0.295. The maximum absolute atomic E-state index is 12.3. The second-order valence-electron chi connectivity index (χ2n) is 10.1. The van der Waals surface area contributed by atoms with E-state index in [1.165, 1.54) is 6.08 Å². The zero-order chi connectivity index (χ0) is 29.0. The number of aryl methyl sites for hydroxylation is 1. The van der Waals surface area contributed by atoms with Crippen molar-refractivity contribution in [1.29, 1.82) is 0 Å². The Balaban J connectivity index is 1.79. The molecule has 210 valence electrons. The molecular weight excluding hydrogens is 521 g/mol. The second-order valence-corrected chi connectivity index (χ2v) is 12.4. The molecule has 2 N–H and O–H groups in total. The molecule has 0 aliphatic carbocycles. The number of fused-ring (bicyclic) bond motifs is 1. The summed E-state index contributed by atoms with van der Waals surface area (Å²) in [7, 11) is 9.26. The van der Waals surface area contributed by atoms with Crippen LogP contribution in [0.1, 0.15) is 0 Å². The van der Waals surface area contributed by atoms with E-state index in [4.69, 9.17) is 9.72 Å². The van der Waals surface area contributed by atoms with E-state index in [0.29, 0.717) is 23.1 Å². The van der Waals surface area contributed by atoms with E-state index < -0.39 is 7.92 Å². The fraction of sp³-hybridized carbons (Fsp3) is 0.300. The summed E-state index contributed by atoms with van der Waals surface area (Å²) in [6, 6.07) is 12.1. The molecule has 4 rings (SSSR count). The average Bonchev–Trinajstić information content (AvgIpc) is 3.27. The molecule has 1 amide bonds. The van der Waals surface area contributed by atoms with Gasteiger partial charge in [-0.2, -0.15) is 0 Å². The zero-order valence-corrected chi connectivity index (χ0v) is 25.2. The van der Waals surface area contributed by atoms with Crippen LogP contribution in [0.2, 0.25) is 0 Å². The van der Waals surface area contributed by atoms with Crippen LogP contribution < -0.4 is 25.6 Å². The summed E-state index contributed by atoms with van der Waals surface area (Å²) in [6.07, 6.45) is 5.29. The van der Waals surface area contributed by atoms with Crippen molar-refractivity contribution in [3.8, 4) is 17.0 Å². The number of hydrogen-bond donors (Lipinski definition) is 2. The third-order valence-corrected chi connectivity index (χ3v) is 8.00. The number of methoxy groups -OCH3 is 1. The molecule has 2 aromatic carbocycles. The Hall–Kier alpha value is -3.94. The van der Waals surface area contributed by atoms with Crippen molar-refractivity contribution in [1.82, 2.24) is 19.4 Å². The Morgan fingerprint density at radius 3 is 2.58 bits per heavy atom. The minimum atomic E-state index is -0.457. The van der Waals surface area contributed by atoms with Gasteiger partial charge in [0.1, 0.15) is 5.75 Å². The lowest BCUT2D eigenvalue weighted by Gasteiger charge is -2.26. The quantitative estimate of drug-likeness (QED) is 0.200. The van der Waals surface area contributed by atoms with E-state index in [2.05, 4.69) is 68.2 Å². The number of hydrogen-bond acceptors (Lipinski definition) is 7. The molecule has 9 nitrogen and oxygen atoms in total. The Labute approximate surface area is 237 Å². The van der Waals surface area contributed by atoms with E-state index in [1.54, 1.807) is 7.11 Å². The summed E-state index contributed by atoms with van der Waals surface area (Å²) >= 11 is 0. The van der Waals surface area contributed by atoms with Crippen LogP contribution in [0.25, 0.3) is 22.2 Å². The summed E-state index contributed by atoms with van der Waals surface area (Å²) in [4.78, 5) is 26.2. The first-order valence-corrected chi connectivity index (χ1v) is 15.2. The Morgan fingerprint density at radius 1 is 1.15 bits per heavy atom. The number of carbonyl (C=O) groups excluding carboxylic acids is 1. The normalized spacial score (nSPS) is 11.2. The summed E-state index contributed by atoms with van der Waals surface area (Å²) in [5, 5.41) is 8.56. The number of ether oxygens (including phenoxy) is 1. The molecule has 0 bridgehead atoms. The Bertz CT molecular complexity index is 1530. The third-order valence-electron chi connectivity index (χ3n) is 6.70. The number of nitrogens with one attached hydrogen (secondary N) is 2. The van der Waals surface area contributed by atoms with Gasteiger partial charge in [-0.25, -0.2) is 9.97 Å². The van der Waals surface area contributed by atoms with Gasteiger partial charge >= 0.3 is 0 Å². The molecule has 0 saturated heterocycles.